The number of halogens is 1. The highest BCUT2D eigenvalue weighted by Crippen LogP contribution is 2.23. The van der Waals surface area contributed by atoms with Gasteiger partial charge in [-0.1, -0.05) is 36.2 Å². The van der Waals surface area contributed by atoms with Crippen LogP contribution < -0.4 is 0 Å². The Morgan fingerprint density at radius 2 is 1.92 bits per heavy atom. The zero-order valence-corrected chi connectivity index (χ0v) is 8.93. The van der Waals surface area contributed by atoms with Gasteiger partial charge in [-0.25, -0.2) is 0 Å². The van der Waals surface area contributed by atoms with Crippen LogP contribution in [0.2, 0.25) is 5.02 Å². The molecule has 0 saturated carbocycles. The van der Waals surface area contributed by atoms with Crippen molar-refractivity contribution in [1.82, 2.24) is 0 Å². The second-order valence-electron chi connectivity index (χ2n) is 3.61. The molecule has 0 amide bonds. The standard InChI is InChI=1S/C12H15Cl/c1-9(2)8-10(3)11-4-6-12(13)7-5-11/h4-7,10H,1,8H2,2-3H3. The van der Waals surface area contributed by atoms with Crippen molar-refractivity contribution in [3.8, 4) is 0 Å². The summed E-state index contributed by atoms with van der Waals surface area (Å²) in [6.45, 7) is 8.18. The van der Waals surface area contributed by atoms with E-state index in [2.05, 4.69) is 32.6 Å². The van der Waals surface area contributed by atoms with Crippen LogP contribution in [0, 0.1) is 0 Å². The Balaban J connectivity index is 2.71. The van der Waals surface area contributed by atoms with Gasteiger partial charge in [0.05, 0.1) is 0 Å². The van der Waals surface area contributed by atoms with Gasteiger partial charge in [0, 0.05) is 5.02 Å². The van der Waals surface area contributed by atoms with Gasteiger partial charge in [0.15, 0.2) is 0 Å². The molecule has 0 N–H and O–H groups in total. The molecule has 1 atom stereocenters. The van der Waals surface area contributed by atoms with Gasteiger partial charge in [0.25, 0.3) is 0 Å². The first-order valence-corrected chi connectivity index (χ1v) is 4.87. The molecule has 1 rings (SSSR count). The lowest BCUT2D eigenvalue weighted by molar-refractivity contribution is 0.753. The molecule has 70 valence electrons. The van der Waals surface area contributed by atoms with Crippen molar-refractivity contribution in [1.29, 1.82) is 0 Å². The van der Waals surface area contributed by atoms with E-state index in [0.29, 0.717) is 5.92 Å². The number of benzene rings is 1. The highest BCUT2D eigenvalue weighted by Gasteiger charge is 2.04. The molecule has 0 saturated heterocycles. The van der Waals surface area contributed by atoms with Crippen molar-refractivity contribution in [2.24, 2.45) is 0 Å². The minimum Gasteiger partial charge on any atom is -0.100 e. The van der Waals surface area contributed by atoms with Crippen LogP contribution in [0.4, 0.5) is 0 Å². The molecule has 0 bridgehead atoms. The summed E-state index contributed by atoms with van der Waals surface area (Å²) in [5, 5.41) is 0.797. The molecule has 0 aliphatic rings. The summed E-state index contributed by atoms with van der Waals surface area (Å²) in [4.78, 5) is 0. The second kappa shape index (κ2) is 4.48. The molecule has 0 aromatic heterocycles. The van der Waals surface area contributed by atoms with E-state index in [0.717, 1.165) is 11.4 Å². The fourth-order valence-electron chi connectivity index (χ4n) is 1.43. The van der Waals surface area contributed by atoms with Crippen LogP contribution in [0.3, 0.4) is 0 Å². The third-order valence-electron chi connectivity index (χ3n) is 2.09. The van der Waals surface area contributed by atoms with Crippen molar-refractivity contribution < 1.29 is 0 Å². The van der Waals surface area contributed by atoms with Crippen LogP contribution in [-0.4, -0.2) is 0 Å². The molecule has 1 aromatic carbocycles. The lowest BCUT2D eigenvalue weighted by Crippen LogP contribution is -1.93. The van der Waals surface area contributed by atoms with Crippen molar-refractivity contribution in [3.05, 3.63) is 47.0 Å². The lowest BCUT2D eigenvalue weighted by atomic mass is 9.95. The second-order valence-corrected chi connectivity index (χ2v) is 4.05. The summed E-state index contributed by atoms with van der Waals surface area (Å²) < 4.78 is 0. The highest BCUT2D eigenvalue weighted by atomic mass is 35.5. The Morgan fingerprint density at radius 3 is 2.38 bits per heavy atom. The molecule has 0 aliphatic carbocycles. The number of hydrogen-bond acceptors (Lipinski definition) is 0. The van der Waals surface area contributed by atoms with Crippen LogP contribution in [0.5, 0.6) is 0 Å². The van der Waals surface area contributed by atoms with Gasteiger partial charge >= 0.3 is 0 Å². The molecule has 0 spiro atoms. The zero-order chi connectivity index (χ0) is 9.84. The normalized spacial score (nSPS) is 12.5. The van der Waals surface area contributed by atoms with Crippen LogP contribution in [0.15, 0.2) is 36.4 Å². The quantitative estimate of drug-likeness (QED) is 0.626. The summed E-state index contributed by atoms with van der Waals surface area (Å²) in [6, 6.07) is 8.03. The minimum absolute atomic E-state index is 0.537. The Hall–Kier alpha value is -0.750. The van der Waals surface area contributed by atoms with Crippen molar-refractivity contribution in [2.75, 3.05) is 0 Å². The van der Waals surface area contributed by atoms with E-state index < -0.39 is 0 Å². The zero-order valence-electron chi connectivity index (χ0n) is 8.18. The van der Waals surface area contributed by atoms with E-state index in [4.69, 9.17) is 11.6 Å². The van der Waals surface area contributed by atoms with Crippen LogP contribution in [-0.2, 0) is 0 Å². The number of hydrogen-bond donors (Lipinski definition) is 0. The minimum atomic E-state index is 0.537. The third kappa shape index (κ3) is 3.23. The smallest absolute Gasteiger partial charge is 0.0406 e. The van der Waals surface area contributed by atoms with Gasteiger partial charge in [0.2, 0.25) is 0 Å². The number of allylic oxidation sites excluding steroid dienone is 1. The SMILES string of the molecule is C=C(C)CC(C)c1ccc(Cl)cc1. The largest absolute Gasteiger partial charge is 0.100 e. The summed E-state index contributed by atoms with van der Waals surface area (Å²) in [5.74, 6) is 0.537. The van der Waals surface area contributed by atoms with Crippen molar-refractivity contribution in [3.63, 3.8) is 0 Å². The molecule has 0 radical (unpaired) electrons. The van der Waals surface area contributed by atoms with Crippen molar-refractivity contribution >= 4 is 11.6 Å². The highest BCUT2D eigenvalue weighted by molar-refractivity contribution is 6.30. The average molecular weight is 195 g/mol. The first kappa shape index (κ1) is 10.3. The predicted octanol–water partition coefficient (Wildman–Crippen LogP) is 4.41. The van der Waals surface area contributed by atoms with Gasteiger partial charge in [-0.15, -0.1) is 6.58 Å². The molecule has 0 heterocycles. The topological polar surface area (TPSA) is 0 Å². The Morgan fingerprint density at radius 1 is 1.38 bits per heavy atom. The molecular weight excluding hydrogens is 180 g/mol. The molecule has 0 fully saturated rings. The van der Waals surface area contributed by atoms with Gasteiger partial charge in [-0.2, -0.15) is 0 Å². The Bertz CT molecular complexity index is 284. The summed E-state index contributed by atoms with van der Waals surface area (Å²) in [5.41, 5.74) is 2.55. The van der Waals surface area contributed by atoms with E-state index in [9.17, 15) is 0 Å². The van der Waals surface area contributed by atoms with Gasteiger partial charge in [-0.05, 0) is 37.0 Å². The van der Waals surface area contributed by atoms with E-state index in [1.54, 1.807) is 0 Å². The number of rotatable bonds is 3. The third-order valence-corrected chi connectivity index (χ3v) is 2.35. The average Bonchev–Trinajstić information content (AvgIpc) is 2.04. The van der Waals surface area contributed by atoms with Crippen LogP contribution >= 0.6 is 11.6 Å². The van der Waals surface area contributed by atoms with E-state index in [1.165, 1.54) is 11.1 Å². The molecule has 1 heteroatoms. The molecule has 0 aliphatic heterocycles. The maximum atomic E-state index is 5.80. The molecule has 13 heavy (non-hydrogen) atoms. The maximum Gasteiger partial charge on any atom is 0.0406 e. The summed E-state index contributed by atoms with van der Waals surface area (Å²) >= 11 is 5.80. The molecule has 1 aromatic rings. The summed E-state index contributed by atoms with van der Waals surface area (Å²) in [7, 11) is 0. The van der Waals surface area contributed by atoms with E-state index in [1.807, 2.05) is 12.1 Å². The molecular formula is C12H15Cl. The predicted molar refractivity (Wildman–Crippen MR) is 59.3 cm³/mol. The first-order chi connectivity index (χ1) is 6.09. The van der Waals surface area contributed by atoms with E-state index in [-0.39, 0.29) is 0 Å². The van der Waals surface area contributed by atoms with Gasteiger partial charge in [-0.3, -0.25) is 0 Å². The Kier molecular flexibility index (Phi) is 3.56. The lowest BCUT2D eigenvalue weighted by Gasteiger charge is -2.11. The van der Waals surface area contributed by atoms with Gasteiger partial charge in [0.1, 0.15) is 0 Å². The molecule has 1 unspecified atom stereocenters. The fraction of sp³-hybridized carbons (Fsp3) is 0.333. The van der Waals surface area contributed by atoms with Crippen LogP contribution in [0.25, 0.3) is 0 Å². The monoisotopic (exact) mass is 194 g/mol. The summed E-state index contributed by atoms with van der Waals surface area (Å²) in [6.07, 6.45) is 1.04. The maximum absolute atomic E-state index is 5.80. The van der Waals surface area contributed by atoms with E-state index >= 15 is 0 Å². The first-order valence-electron chi connectivity index (χ1n) is 4.49. The van der Waals surface area contributed by atoms with Crippen molar-refractivity contribution in [2.45, 2.75) is 26.2 Å². The molecule has 0 nitrogen and oxygen atoms in total. The van der Waals surface area contributed by atoms with Gasteiger partial charge < -0.3 is 0 Å². The van der Waals surface area contributed by atoms with Crippen LogP contribution in [0.1, 0.15) is 31.7 Å². The fourth-order valence-corrected chi connectivity index (χ4v) is 1.56. The Labute approximate surface area is 85.2 Å².